The molecule has 1 heterocycles. The largest absolute Gasteiger partial charge is 0.494 e. The zero-order valence-electron chi connectivity index (χ0n) is 11.8. The second kappa shape index (κ2) is 5.66. The maximum absolute atomic E-state index is 5.68. The molecule has 0 spiro atoms. The second-order valence-corrected chi connectivity index (χ2v) is 6.45. The van der Waals surface area contributed by atoms with Crippen molar-refractivity contribution in [3.8, 4) is 5.75 Å². The Kier molecular flexibility index (Phi) is 3.89. The Labute approximate surface area is 123 Å². The molecule has 1 fully saturated rings. The molecule has 5 heteroatoms. The number of hydrogen-bond acceptors (Lipinski definition) is 4. The molecule has 3 N–H and O–H groups in total. The van der Waals surface area contributed by atoms with Gasteiger partial charge in [-0.3, -0.25) is 0 Å². The van der Waals surface area contributed by atoms with E-state index < -0.39 is 0 Å². The summed E-state index contributed by atoms with van der Waals surface area (Å²) in [6, 6.07) is 5.99. The quantitative estimate of drug-likeness (QED) is 0.769. The van der Waals surface area contributed by atoms with Crippen LogP contribution in [0.4, 0.5) is 0 Å². The highest BCUT2D eigenvalue weighted by molar-refractivity contribution is 7.99. The van der Waals surface area contributed by atoms with Gasteiger partial charge in [-0.25, -0.2) is 4.98 Å². The molecule has 108 valence electrons. The predicted octanol–water partition coefficient (Wildman–Crippen LogP) is 3.18. The lowest BCUT2D eigenvalue weighted by Gasteiger charge is -2.11. The van der Waals surface area contributed by atoms with Gasteiger partial charge < -0.3 is 15.5 Å². The summed E-state index contributed by atoms with van der Waals surface area (Å²) in [7, 11) is 0. The van der Waals surface area contributed by atoms with Gasteiger partial charge in [0.15, 0.2) is 5.16 Å². The number of ether oxygens (including phenoxy) is 1. The fourth-order valence-electron chi connectivity index (χ4n) is 2.46. The highest BCUT2D eigenvalue weighted by Crippen LogP contribution is 2.51. The number of aromatic nitrogens is 2. The Balaban J connectivity index is 1.69. The Morgan fingerprint density at radius 1 is 1.45 bits per heavy atom. The number of aromatic amines is 1. The van der Waals surface area contributed by atoms with Crippen molar-refractivity contribution in [2.75, 3.05) is 18.9 Å². The minimum absolute atomic E-state index is 0.481. The second-order valence-electron chi connectivity index (χ2n) is 5.48. The Bertz CT molecular complexity index is 592. The van der Waals surface area contributed by atoms with Crippen LogP contribution in [-0.2, 0) is 0 Å². The maximum atomic E-state index is 5.68. The van der Waals surface area contributed by atoms with Crippen LogP contribution >= 0.6 is 11.8 Å². The van der Waals surface area contributed by atoms with Crippen molar-refractivity contribution in [1.29, 1.82) is 0 Å². The Hall–Kier alpha value is -1.20. The van der Waals surface area contributed by atoms with Gasteiger partial charge in [0.1, 0.15) is 5.75 Å². The normalized spacial score (nSPS) is 16.5. The third-order valence-electron chi connectivity index (χ3n) is 3.89. The average Bonchev–Trinajstić information content (AvgIpc) is 3.08. The third kappa shape index (κ3) is 2.94. The first-order valence-corrected chi connectivity index (χ1v) is 8.19. The summed E-state index contributed by atoms with van der Waals surface area (Å²) in [6.07, 6.45) is 3.76. The molecule has 1 saturated carbocycles. The summed E-state index contributed by atoms with van der Waals surface area (Å²) < 4.78 is 5.51. The topological polar surface area (TPSA) is 63.9 Å². The molecule has 2 aromatic rings. The molecule has 0 aliphatic heterocycles. The molecular formula is C15H21N3OS. The molecule has 3 rings (SSSR count). The molecule has 0 saturated heterocycles. The van der Waals surface area contributed by atoms with Crippen LogP contribution in [0.5, 0.6) is 5.75 Å². The van der Waals surface area contributed by atoms with Gasteiger partial charge in [-0.15, -0.1) is 0 Å². The predicted molar refractivity (Wildman–Crippen MR) is 83.3 cm³/mol. The Morgan fingerprint density at radius 2 is 2.30 bits per heavy atom. The van der Waals surface area contributed by atoms with Crippen LogP contribution in [0.3, 0.4) is 0 Å². The maximum Gasteiger partial charge on any atom is 0.166 e. The molecule has 0 amide bonds. The molecule has 0 bridgehead atoms. The van der Waals surface area contributed by atoms with Gasteiger partial charge >= 0.3 is 0 Å². The summed E-state index contributed by atoms with van der Waals surface area (Å²) in [4.78, 5) is 8.00. The lowest BCUT2D eigenvalue weighted by molar-refractivity contribution is 0.340. The van der Waals surface area contributed by atoms with E-state index in [-0.39, 0.29) is 0 Å². The van der Waals surface area contributed by atoms with E-state index in [1.165, 1.54) is 12.8 Å². The number of thioether (sulfide) groups is 1. The van der Waals surface area contributed by atoms with Gasteiger partial charge in [-0.1, -0.05) is 11.8 Å². The van der Waals surface area contributed by atoms with E-state index in [1.807, 2.05) is 36.9 Å². The van der Waals surface area contributed by atoms with Crippen molar-refractivity contribution in [3.05, 3.63) is 18.2 Å². The number of hydrogen-bond donors (Lipinski definition) is 2. The number of benzene rings is 1. The lowest BCUT2D eigenvalue weighted by atomic mass is 10.1. The van der Waals surface area contributed by atoms with Crippen LogP contribution < -0.4 is 10.5 Å². The van der Waals surface area contributed by atoms with Crippen molar-refractivity contribution >= 4 is 22.8 Å². The van der Waals surface area contributed by atoms with E-state index in [0.717, 1.165) is 40.7 Å². The van der Waals surface area contributed by atoms with Gasteiger partial charge in [-0.2, -0.15) is 0 Å². The fourth-order valence-corrected chi connectivity index (χ4v) is 3.68. The molecule has 4 nitrogen and oxygen atoms in total. The first-order chi connectivity index (χ1) is 9.74. The fraction of sp³-hybridized carbons (Fsp3) is 0.533. The monoisotopic (exact) mass is 291 g/mol. The molecule has 1 aliphatic rings. The van der Waals surface area contributed by atoms with Gasteiger partial charge in [0.05, 0.1) is 17.6 Å². The SMILES string of the molecule is CCOc1ccc2nc(SCC3(CCN)CC3)[nH]c2c1. The van der Waals surface area contributed by atoms with Gasteiger partial charge in [0, 0.05) is 11.8 Å². The van der Waals surface area contributed by atoms with Gasteiger partial charge in [-0.05, 0) is 50.3 Å². The summed E-state index contributed by atoms with van der Waals surface area (Å²) in [6.45, 7) is 3.46. The van der Waals surface area contributed by atoms with Crippen molar-refractivity contribution in [1.82, 2.24) is 9.97 Å². The number of nitrogens with two attached hydrogens (primary N) is 1. The standard InChI is InChI=1S/C15H21N3OS/c1-2-19-11-3-4-12-13(9-11)18-14(17-12)20-10-15(5-6-15)7-8-16/h3-4,9H,2,5-8,10,16H2,1H3,(H,17,18). The van der Waals surface area contributed by atoms with E-state index in [0.29, 0.717) is 12.0 Å². The minimum Gasteiger partial charge on any atom is -0.494 e. The number of nitrogens with one attached hydrogen (secondary N) is 1. The number of imidazole rings is 1. The highest BCUT2D eigenvalue weighted by atomic mass is 32.2. The summed E-state index contributed by atoms with van der Waals surface area (Å²) in [5, 5.41) is 0.997. The first kappa shape index (κ1) is 13.8. The lowest BCUT2D eigenvalue weighted by Crippen LogP contribution is -2.11. The van der Waals surface area contributed by atoms with Crippen LogP contribution in [0.1, 0.15) is 26.2 Å². The molecule has 1 aromatic carbocycles. The molecule has 20 heavy (non-hydrogen) atoms. The van der Waals surface area contributed by atoms with Gasteiger partial charge in [0.2, 0.25) is 0 Å². The van der Waals surface area contributed by atoms with Crippen LogP contribution in [0.2, 0.25) is 0 Å². The van der Waals surface area contributed by atoms with Crippen molar-refractivity contribution in [2.45, 2.75) is 31.3 Å². The summed E-state index contributed by atoms with van der Waals surface area (Å²) >= 11 is 1.81. The molecular weight excluding hydrogens is 270 g/mol. The minimum atomic E-state index is 0.481. The van der Waals surface area contributed by atoms with Crippen LogP contribution in [0, 0.1) is 5.41 Å². The van der Waals surface area contributed by atoms with E-state index >= 15 is 0 Å². The molecule has 1 aliphatic carbocycles. The zero-order valence-corrected chi connectivity index (χ0v) is 12.6. The van der Waals surface area contributed by atoms with E-state index in [1.54, 1.807) is 0 Å². The average molecular weight is 291 g/mol. The smallest absolute Gasteiger partial charge is 0.166 e. The number of fused-ring (bicyclic) bond motifs is 1. The van der Waals surface area contributed by atoms with E-state index in [9.17, 15) is 0 Å². The van der Waals surface area contributed by atoms with Crippen molar-refractivity contribution < 1.29 is 4.74 Å². The third-order valence-corrected chi connectivity index (χ3v) is 5.11. The summed E-state index contributed by atoms with van der Waals surface area (Å²) in [5.74, 6) is 2.00. The number of H-pyrrole nitrogens is 1. The van der Waals surface area contributed by atoms with Crippen LogP contribution in [0.15, 0.2) is 23.4 Å². The van der Waals surface area contributed by atoms with Crippen molar-refractivity contribution in [3.63, 3.8) is 0 Å². The Morgan fingerprint density at radius 3 is 3.00 bits per heavy atom. The molecule has 0 unspecified atom stereocenters. The first-order valence-electron chi connectivity index (χ1n) is 7.20. The van der Waals surface area contributed by atoms with E-state index in [4.69, 9.17) is 10.5 Å². The molecule has 0 radical (unpaired) electrons. The van der Waals surface area contributed by atoms with E-state index in [2.05, 4.69) is 9.97 Å². The number of nitrogens with zero attached hydrogens (tertiary/aromatic N) is 1. The molecule has 1 aromatic heterocycles. The van der Waals surface area contributed by atoms with Crippen LogP contribution in [-0.4, -0.2) is 28.9 Å². The zero-order chi connectivity index (χ0) is 14.0. The summed E-state index contributed by atoms with van der Waals surface area (Å²) in [5.41, 5.74) is 8.21. The highest BCUT2D eigenvalue weighted by Gasteiger charge is 2.41. The van der Waals surface area contributed by atoms with Crippen LogP contribution in [0.25, 0.3) is 11.0 Å². The number of rotatable bonds is 7. The van der Waals surface area contributed by atoms with Crippen molar-refractivity contribution in [2.24, 2.45) is 11.1 Å². The molecule has 0 atom stereocenters. The van der Waals surface area contributed by atoms with Gasteiger partial charge in [0.25, 0.3) is 0 Å².